The Hall–Kier alpha value is -2.55. The molecule has 0 spiro atoms. The molecule has 1 aromatic carbocycles. The molecule has 3 N–H and O–H groups in total. The van der Waals surface area contributed by atoms with Gasteiger partial charge in [-0.1, -0.05) is 6.07 Å². The Bertz CT molecular complexity index is 772. The van der Waals surface area contributed by atoms with Crippen molar-refractivity contribution in [1.82, 2.24) is 14.9 Å². The number of hydrogen-bond acceptors (Lipinski definition) is 7. The molecule has 0 bridgehead atoms. The maximum Gasteiger partial charge on any atom is 0.341 e. The smallest absolute Gasteiger partial charge is 0.341 e. The van der Waals surface area contributed by atoms with Crippen LogP contribution in [-0.2, 0) is 16.1 Å². The fourth-order valence-corrected chi connectivity index (χ4v) is 3.24. The Labute approximate surface area is 157 Å². The molecular weight excluding hydrogens is 348 g/mol. The number of aliphatic carboxylic acids is 1. The minimum atomic E-state index is -1.01. The fraction of sp³-hybridized carbons (Fsp3) is 0.421. The van der Waals surface area contributed by atoms with Crippen LogP contribution >= 0.6 is 0 Å². The number of benzene rings is 1. The van der Waals surface area contributed by atoms with E-state index in [1.807, 2.05) is 12.1 Å². The zero-order valence-corrected chi connectivity index (χ0v) is 15.2. The first-order valence-electron chi connectivity index (χ1n) is 8.80. The normalized spacial score (nSPS) is 20.4. The van der Waals surface area contributed by atoms with Gasteiger partial charge >= 0.3 is 5.97 Å². The van der Waals surface area contributed by atoms with Crippen LogP contribution in [0.1, 0.15) is 12.0 Å². The number of methoxy groups -OCH3 is 1. The van der Waals surface area contributed by atoms with Gasteiger partial charge in [-0.2, -0.15) is 0 Å². The quantitative estimate of drug-likeness (QED) is 0.745. The van der Waals surface area contributed by atoms with Gasteiger partial charge < -0.3 is 20.3 Å². The summed E-state index contributed by atoms with van der Waals surface area (Å²) in [6.45, 7) is 1.79. The van der Waals surface area contributed by atoms with Crippen molar-refractivity contribution in [3.05, 3.63) is 42.5 Å². The predicted molar refractivity (Wildman–Crippen MR) is 99.3 cm³/mol. The van der Waals surface area contributed by atoms with Crippen LogP contribution in [0.2, 0.25) is 0 Å². The highest BCUT2D eigenvalue weighted by molar-refractivity contribution is 5.69. The van der Waals surface area contributed by atoms with Crippen molar-refractivity contribution in [3.63, 3.8) is 0 Å². The molecule has 1 aliphatic rings. The highest BCUT2D eigenvalue weighted by Gasteiger charge is 2.27. The summed E-state index contributed by atoms with van der Waals surface area (Å²) >= 11 is 0. The van der Waals surface area contributed by atoms with E-state index in [1.165, 1.54) is 6.33 Å². The Morgan fingerprint density at radius 3 is 2.81 bits per heavy atom. The van der Waals surface area contributed by atoms with Crippen LogP contribution in [0, 0.1) is 0 Å². The molecule has 8 heteroatoms. The lowest BCUT2D eigenvalue weighted by molar-refractivity contribution is -0.139. The number of carboxylic acids is 1. The lowest BCUT2D eigenvalue weighted by Gasteiger charge is -2.36. The fourth-order valence-electron chi connectivity index (χ4n) is 3.24. The van der Waals surface area contributed by atoms with E-state index in [-0.39, 0.29) is 18.8 Å². The topological polar surface area (TPSA) is 111 Å². The summed E-state index contributed by atoms with van der Waals surface area (Å²) < 4.78 is 11.0. The van der Waals surface area contributed by atoms with Gasteiger partial charge in [0.25, 0.3) is 0 Å². The van der Waals surface area contributed by atoms with Crippen molar-refractivity contribution in [2.24, 2.45) is 5.73 Å². The zero-order valence-electron chi connectivity index (χ0n) is 15.2. The number of aromatic nitrogens is 2. The summed E-state index contributed by atoms with van der Waals surface area (Å²) in [5.41, 5.74) is 8.84. The molecule has 2 atom stereocenters. The minimum absolute atomic E-state index is 0.0205. The lowest BCUT2D eigenvalue weighted by Crippen LogP contribution is -2.51. The number of carbonyl (C=O) groups is 1. The first-order chi connectivity index (χ1) is 13.1. The van der Waals surface area contributed by atoms with Gasteiger partial charge in [0.05, 0.1) is 6.10 Å². The zero-order chi connectivity index (χ0) is 19.2. The molecule has 2 aromatic rings. The van der Waals surface area contributed by atoms with Crippen molar-refractivity contribution in [2.75, 3.05) is 26.8 Å². The highest BCUT2D eigenvalue weighted by atomic mass is 16.5. The molecular formula is C19H24N4O4. The van der Waals surface area contributed by atoms with Gasteiger partial charge in [0.15, 0.2) is 6.61 Å². The number of rotatable bonds is 7. The number of carboxylic acid groups (broad SMARTS) is 1. The molecule has 27 heavy (non-hydrogen) atoms. The molecule has 1 aromatic heterocycles. The second kappa shape index (κ2) is 8.90. The monoisotopic (exact) mass is 372 g/mol. The molecule has 0 saturated carbocycles. The first kappa shape index (κ1) is 19.2. The number of ether oxygens (including phenoxy) is 2. The molecule has 1 saturated heterocycles. The van der Waals surface area contributed by atoms with Crippen LogP contribution < -0.4 is 10.5 Å². The third-order valence-corrected chi connectivity index (χ3v) is 4.70. The second-order valence-corrected chi connectivity index (χ2v) is 6.59. The van der Waals surface area contributed by atoms with Gasteiger partial charge in [0.2, 0.25) is 0 Å². The van der Waals surface area contributed by atoms with Crippen LogP contribution in [0.4, 0.5) is 0 Å². The average molecular weight is 372 g/mol. The second-order valence-electron chi connectivity index (χ2n) is 6.59. The molecule has 0 unspecified atom stereocenters. The van der Waals surface area contributed by atoms with E-state index in [4.69, 9.17) is 20.3 Å². The number of nitrogens with two attached hydrogens (primary N) is 1. The van der Waals surface area contributed by atoms with Crippen LogP contribution in [0.5, 0.6) is 5.75 Å². The number of hydrogen-bond donors (Lipinski definition) is 2. The molecule has 0 aliphatic carbocycles. The summed E-state index contributed by atoms with van der Waals surface area (Å²) in [6, 6.07) is 5.70. The molecule has 3 rings (SSSR count). The average Bonchev–Trinajstić information content (AvgIpc) is 2.69. The van der Waals surface area contributed by atoms with Crippen LogP contribution in [-0.4, -0.2) is 64.9 Å². The Kier molecular flexibility index (Phi) is 6.33. The molecule has 2 heterocycles. The van der Waals surface area contributed by atoms with E-state index >= 15 is 0 Å². The molecule has 8 nitrogen and oxygen atoms in total. The van der Waals surface area contributed by atoms with Gasteiger partial charge in [-0.3, -0.25) is 4.90 Å². The molecule has 0 radical (unpaired) electrons. The molecule has 0 amide bonds. The number of likely N-dealkylation sites (tertiary alicyclic amines) is 1. The Balaban J connectivity index is 1.84. The largest absolute Gasteiger partial charge is 0.482 e. The van der Waals surface area contributed by atoms with Crippen molar-refractivity contribution in [2.45, 2.75) is 25.1 Å². The number of piperidine rings is 1. The van der Waals surface area contributed by atoms with Crippen LogP contribution in [0.3, 0.4) is 0 Å². The molecule has 1 fully saturated rings. The van der Waals surface area contributed by atoms with Crippen LogP contribution in [0.25, 0.3) is 11.1 Å². The van der Waals surface area contributed by atoms with Crippen LogP contribution in [0.15, 0.2) is 36.9 Å². The minimum Gasteiger partial charge on any atom is -0.482 e. The Morgan fingerprint density at radius 1 is 1.33 bits per heavy atom. The first-order valence-corrected chi connectivity index (χ1v) is 8.80. The van der Waals surface area contributed by atoms with E-state index in [9.17, 15) is 4.79 Å². The van der Waals surface area contributed by atoms with Gasteiger partial charge in [0, 0.05) is 56.3 Å². The Morgan fingerprint density at radius 2 is 2.11 bits per heavy atom. The lowest BCUT2D eigenvalue weighted by atomic mass is 10.0. The standard InChI is InChI=1S/C19H24N4O4/c1-26-18-10-23(5-4-16(18)20)9-14-6-13(15-7-21-12-22-8-15)2-3-17(14)27-11-19(24)25/h2-3,6-8,12,16,18H,4-5,9-11,20H2,1H3,(H,24,25)/t16-,18+/m1/s1. The van der Waals surface area contributed by atoms with Gasteiger partial charge in [-0.05, 0) is 24.1 Å². The van der Waals surface area contributed by atoms with Crippen molar-refractivity contribution >= 4 is 5.97 Å². The predicted octanol–water partition coefficient (Wildman–Crippen LogP) is 1.16. The molecule has 1 aliphatic heterocycles. The summed E-state index contributed by atoms with van der Waals surface area (Å²) in [6.07, 6.45) is 5.79. The third-order valence-electron chi connectivity index (χ3n) is 4.70. The van der Waals surface area contributed by atoms with Gasteiger partial charge in [-0.25, -0.2) is 14.8 Å². The third kappa shape index (κ3) is 5.00. The van der Waals surface area contributed by atoms with E-state index in [1.54, 1.807) is 25.6 Å². The van der Waals surface area contributed by atoms with Crippen molar-refractivity contribution in [3.8, 4) is 16.9 Å². The van der Waals surface area contributed by atoms with E-state index < -0.39 is 5.97 Å². The molecule has 144 valence electrons. The maximum absolute atomic E-state index is 10.9. The summed E-state index contributed by atoms with van der Waals surface area (Å²) in [4.78, 5) is 21.3. The van der Waals surface area contributed by atoms with Crippen molar-refractivity contribution < 1.29 is 19.4 Å². The van der Waals surface area contributed by atoms with Gasteiger partial charge in [0.1, 0.15) is 12.1 Å². The van der Waals surface area contributed by atoms with E-state index in [2.05, 4.69) is 14.9 Å². The summed E-state index contributed by atoms with van der Waals surface area (Å²) in [7, 11) is 1.67. The highest BCUT2D eigenvalue weighted by Crippen LogP contribution is 2.28. The summed E-state index contributed by atoms with van der Waals surface area (Å²) in [5.74, 6) is -0.452. The SMILES string of the molecule is CO[C@H]1CN(Cc2cc(-c3cncnc3)ccc2OCC(=O)O)CC[C@H]1N. The maximum atomic E-state index is 10.9. The van der Waals surface area contributed by atoms with E-state index in [0.717, 1.165) is 29.7 Å². The van der Waals surface area contributed by atoms with Crippen molar-refractivity contribution in [1.29, 1.82) is 0 Å². The summed E-state index contributed by atoms with van der Waals surface area (Å²) in [5, 5.41) is 8.93. The van der Waals surface area contributed by atoms with Gasteiger partial charge in [-0.15, -0.1) is 0 Å². The number of nitrogens with zero attached hydrogens (tertiary/aromatic N) is 3. The van der Waals surface area contributed by atoms with E-state index in [0.29, 0.717) is 18.8 Å².